The molecule has 1 unspecified atom stereocenters. The first-order valence-electron chi connectivity index (χ1n) is 7.39. The van der Waals surface area contributed by atoms with Gasteiger partial charge < -0.3 is 15.6 Å². The predicted octanol–water partition coefficient (Wildman–Crippen LogP) is 1.14. The van der Waals surface area contributed by atoms with E-state index in [9.17, 15) is 4.79 Å². The minimum absolute atomic E-state index is 0.0125. The Balaban J connectivity index is 1.62. The highest BCUT2D eigenvalue weighted by Crippen LogP contribution is 2.11. The molecular formula is C15H22N4O. The number of nitrogens with zero attached hydrogens (tertiary/aromatic N) is 2. The largest absolute Gasteiger partial charge is 0.327 e. The van der Waals surface area contributed by atoms with Gasteiger partial charge >= 0.3 is 5.69 Å². The van der Waals surface area contributed by atoms with E-state index in [0.717, 1.165) is 50.1 Å². The molecule has 0 amide bonds. The normalized spacial score (nSPS) is 20.6. The maximum Gasteiger partial charge on any atom is 0.326 e. The van der Waals surface area contributed by atoms with Gasteiger partial charge in [-0.15, -0.1) is 0 Å². The van der Waals surface area contributed by atoms with Crippen LogP contribution in [0.25, 0.3) is 11.0 Å². The van der Waals surface area contributed by atoms with E-state index in [1.54, 1.807) is 0 Å². The Morgan fingerprint density at radius 1 is 1.30 bits per heavy atom. The molecule has 5 heteroatoms. The second-order valence-electron chi connectivity index (χ2n) is 5.66. The van der Waals surface area contributed by atoms with Crippen molar-refractivity contribution in [3.63, 3.8) is 0 Å². The van der Waals surface area contributed by atoms with E-state index in [0.29, 0.717) is 6.04 Å². The Morgan fingerprint density at radius 2 is 2.15 bits per heavy atom. The summed E-state index contributed by atoms with van der Waals surface area (Å²) in [6, 6.07) is 8.16. The lowest BCUT2D eigenvalue weighted by atomic mass is 10.1. The average molecular weight is 274 g/mol. The number of benzene rings is 1. The number of nitrogens with one attached hydrogen (secondary N) is 1. The van der Waals surface area contributed by atoms with E-state index < -0.39 is 0 Å². The highest BCUT2D eigenvalue weighted by molar-refractivity contribution is 5.74. The monoisotopic (exact) mass is 274 g/mol. The van der Waals surface area contributed by atoms with E-state index in [1.807, 2.05) is 28.8 Å². The number of imidazole rings is 1. The zero-order valence-electron chi connectivity index (χ0n) is 11.7. The van der Waals surface area contributed by atoms with Gasteiger partial charge in [0.2, 0.25) is 0 Å². The lowest BCUT2D eigenvalue weighted by Crippen LogP contribution is -2.43. The van der Waals surface area contributed by atoms with Crippen LogP contribution >= 0.6 is 0 Å². The molecule has 0 bridgehead atoms. The molecule has 20 heavy (non-hydrogen) atoms. The maximum atomic E-state index is 11.9. The van der Waals surface area contributed by atoms with Crippen molar-refractivity contribution < 1.29 is 0 Å². The summed E-state index contributed by atoms with van der Waals surface area (Å²) in [5.74, 6) is 0. The van der Waals surface area contributed by atoms with Crippen molar-refractivity contribution in [2.24, 2.45) is 5.73 Å². The molecule has 1 saturated heterocycles. The van der Waals surface area contributed by atoms with Gasteiger partial charge in [0.25, 0.3) is 0 Å². The van der Waals surface area contributed by atoms with Gasteiger partial charge in [-0.3, -0.25) is 4.57 Å². The minimum atomic E-state index is -0.0125. The second kappa shape index (κ2) is 5.81. The van der Waals surface area contributed by atoms with E-state index in [2.05, 4.69) is 9.88 Å². The summed E-state index contributed by atoms with van der Waals surface area (Å²) in [7, 11) is 0. The molecule has 1 aromatic carbocycles. The molecule has 1 aliphatic heterocycles. The number of aryl methyl sites for hydroxylation is 1. The molecule has 3 N–H and O–H groups in total. The molecule has 1 aliphatic rings. The smallest absolute Gasteiger partial charge is 0.326 e. The molecule has 1 fully saturated rings. The van der Waals surface area contributed by atoms with Gasteiger partial charge in [-0.05, 0) is 44.5 Å². The lowest BCUT2D eigenvalue weighted by Gasteiger charge is -2.30. The number of para-hydroxylation sites is 2. The molecule has 2 heterocycles. The molecular weight excluding hydrogens is 252 g/mol. The Labute approximate surface area is 118 Å². The van der Waals surface area contributed by atoms with Gasteiger partial charge in [-0.25, -0.2) is 4.79 Å². The van der Waals surface area contributed by atoms with Crippen LogP contribution in [0.2, 0.25) is 0 Å². The summed E-state index contributed by atoms with van der Waals surface area (Å²) in [6.45, 7) is 3.90. The van der Waals surface area contributed by atoms with Crippen molar-refractivity contribution in [2.45, 2.75) is 31.8 Å². The van der Waals surface area contributed by atoms with Crippen molar-refractivity contribution in [3.05, 3.63) is 34.7 Å². The molecule has 0 saturated carbocycles. The van der Waals surface area contributed by atoms with Gasteiger partial charge in [-0.2, -0.15) is 0 Å². The zero-order chi connectivity index (χ0) is 13.9. The van der Waals surface area contributed by atoms with E-state index in [4.69, 9.17) is 5.73 Å². The summed E-state index contributed by atoms with van der Waals surface area (Å²) in [5, 5.41) is 0. The van der Waals surface area contributed by atoms with E-state index in [1.165, 1.54) is 6.42 Å². The Kier molecular flexibility index (Phi) is 3.89. The first-order chi connectivity index (χ1) is 9.74. The fraction of sp³-hybridized carbons (Fsp3) is 0.533. The van der Waals surface area contributed by atoms with Crippen LogP contribution in [-0.4, -0.2) is 40.1 Å². The second-order valence-corrected chi connectivity index (χ2v) is 5.66. The van der Waals surface area contributed by atoms with Crippen molar-refractivity contribution in [3.8, 4) is 0 Å². The summed E-state index contributed by atoms with van der Waals surface area (Å²) >= 11 is 0. The topological polar surface area (TPSA) is 67.0 Å². The molecule has 1 atom stereocenters. The predicted molar refractivity (Wildman–Crippen MR) is 80.8 cm³/mol. The number of hydrogen-bond donors (Lipinski definition) is 2. The number of H-pyrrole nitrogens is 1. The van der Waals surface area contributed by atoms with Crippen molar-refractivity contribution >= 4 is 11.0 Å². The zero-order valence-corrected chi connectivity index (χ0v) is 11.7. The number of nitrogens with two attached hydrogens (primary N) is 1. The van der Waals surface area contributed by atoms with Crippen LogP contribution in [0.4, 0.5) is 0 Å². The molecule has 0 radical (unpaired) electrons. The summed E-state index contributed by atoms with van der Waals surface area (Å²) in [4.78, 5) is 17.3. The number of aromatic nitrogens is 2. The Morgan fingerprint density at radius 3 is 3.00 bits per heavy atom. The third-order valence-corrected chi connectivity index (χ3v) is 4.08. The number of likely N-dealkylation sites (tertiary alicyclic amines) is 1. The standard InChI is InChI=1S/C15H22N4O/c16-12-5-3-8-18(11-12)9-4-10-19-14-7-2-1-6-13(14)17-15(19)20/h1-2,6-7,12H,3-5,8-11,16H2,(H,17,20). The van der Waals surface area contributed by atoms with Crippen LogP contribution in [0.3, 0.4) is 0 Å². The third kappa shape index (κ3) is 2.78. The van der Waals surface area contributed by atoms with Crippen molar-refractivity contribution in [1.82, 2.24) is 14.5 Å². The minimum Gasteiger partial charge on any atom is -0.327 e. The lowest BCUT2D eigenvalue weighted by molar-refractivity contribution is 0.204. The van der Waals surface area contributed by atoms with E-state index in [-0.39, 0.29) is 5.69 Å². The number of rotatable bonds is 4. The van der Waals surface area contributed by atoms with Crippen LogP contribution in [0.5, 0.6) is 0 Å². The Bertz CT molecular complexity index is 630. The summed E-state index contributed by atoms with van der Waals surface area (Å²) < 4.78 is 1.83. The third-order valence-electron chi connectivity index (χ3n) is 4.08. The van der Waals surface area contributed by atoms with Crippen LogP contribution in [0.1, 0.15) is 19.3 Å². The van der Waals surface area contributed by atoms with Gasteiger partial charge in [0.1, 0.15) is 0 Å². The molecule has 1 aromatic heterocycles. The number of hydrogen-bond acceptors (Lipinski definition) is 3. The molecule has 0 spiro atoms. The van der Waals surface area contributed by atoms with Crippen LogP contribution < -0.4 is 11.4 Å². The molecule has 2 aromatic rings. The average Bonchev–Trinajstić information content (AvgIpc) is 2.75. The fourth-order valence-electron chi connectivity index (χ4n) is 3.08. The number of fused-ring (bicyclic) bond motifs is 1. The summed E-state index contributed by atoms with van der Waals surface area (Å²) in [6.07, 6.45) is 3.31. The van der Waals surface area contributed by atoms with Gasteiger partial charge in [0.05, 0.1) is 11.0 Å². The van der Waals surface area contributed by atoms with Crippen LogP contribution in [0.15, 0.2) is 29.1 Å². The van der Waals surface area contributed by atoms with E-state index >= 15 is 0 Å². The molecule has 0 aliphatic carbocycles. The maximum absolute atomic E-state index is 11.9. The fourth-order valence-corrected chi connectivity index (χ4v) is 3.08. The van der Waals surface area contributed by atoms with Gasteiger partial charge in [-0.1, -0.05) is 12.1 Å². The highest BCUT2D eigenvalue weighted by atomic mass is 16.1. The molecule has 108 valence electrons. The van der Waals surface area contributed by atoms with Crippen molar-refractivity contribution in [1.29, 1.82) is 0 Å². The molecule has 3 rings (SSSR count). The molecule has 5 nitrogen and oxygen atoms in total. The van der Waals surface area contributed by atoms with Crippen molar-refractivity contribution in [2.75, 3.05) is 19.6 Å². The first kappa shape index (κ1) is 13.4. The van der Waals surface area contributed by atoms with Crippen LogP contribution in [0, 0.1) is 0 Å². The number of aromatic amines is 1. The highest BCUT2D eigenvalue weighted by Gasteiger charge is 2.16. The van der Waals surface area contributed by atoms with Crippen LogP contribution in [-0.2, 0) is 6.54 Å². The van der Waals surface area contributed by atoms with Gasteiger partial charge in [0.15, 0.2) is 0 Å². The first-order valence-corrected chi connectivity index (χ1v) is 7.39. The Hall–Kier alpha value is -1.59. The summed E-state index contributed by atoms with van der Waals surface area (Å²) in [5.41, 5.74) is 7.88. The van der Waals surface area contributed by atoms with Gasteiger partial charge in [0, 0.05) is 19.1 Å². The SMILES string of the molecule is NC1CCCN(CCCn2c(=O)[nH]c3ccccc32)C1. The quantitative estimate of drug-likeness (QED) is 0.878. The number of piperidine rings is 1.